The first-order chi connectivity index (χ1) is 10.2. The van der Waals surface area contributed by atoms with Crippen molar-refractivity contribution in [2.75, 3.05) is 0 Å². The van der Waals surface area contributed by atoms with E-state index >= 15 is 0 Å². The van der Waals surface area contributed by atoms with Crippen LogP contribution in [0.3, 0.4) is 0 Å². The SMILES string of the molecule is CC(C)(C)OC(=O)N[C@@H](CCC(=O)OC1CCCC1)C(=O)O. The molecule has 1 aliphatic carbocycles. The molecule has 0 unspecified atom stereocenters. The number of aliphatic carboxylic acids is 1. The minimum atomic E-state index is -1.21. The van der Waals surface area contributed by atoms with E-state index in [9.17, 15) is 14.4 Å². The Hall–Kier alpha value is -1.79. The van der Waals surface area contributed by atoms with Crippen LogP contribution < -0.4 is 5.32 Å². The Bertz CT molecular complexity index is 409. The fourth-order valence-electron chi connectivity index (χ4n) is 2.22. The number of carbonyl (C=O) groups excluding carboxylic acids is 2. The average Bonchev–Trinajstić information content (AvgIpc) is 2.84. The van der Waals surface area contributed by atoms with Crippen molar-refractivity contribution in [3.63, 3.8) is 0 Å². The molecule has 1 atom stereocenters. The van der Waals surface area contributed by atoms with E-state index < -0.39 is 29.7 Å². The predicted octanol–water partition coefficient (Wildman–Crippen LogP) is 2.23. The molecule has 1 aliphatic rings. The van der Waals surface area contributed by atoms with Crippen LogP contribution in [-0.4, -0.2) is 40.9 Å². The number of carboxylic acid groups (broad SMARTS) is 1. The van der Waals surface area contributed by atoms with Crippen molar-refractivity contribution in [1.29, 1.82) is 0 Å². The van der Waals surface area contributed by atoms with Gasteiger partial charge in [0.05, 0.1) is 0 Å². The Morgan fingerprint density at radius 3 is 2.32 bits per heavy atom. The molecule has 0 saturated heterocycles. The van der Waals surface area contributed by atoms with E-state index in [-0.39, 0.29) is 18.9 Å². The number of hydrogen-bond donors (Lipinski definition) is 2. The van der Waals surface area contributed by atoms with E-state index in [4.69, 9.17) is 14.6 Å². The van der Waals surface area contributed by atoms with Crippen molar-refractivity contribution in [3.05, 3.63) is 0 Å². The topological polar surface area (TPSA) is 102 Å². The zero-order chi connectivity index (χ0) is 16.8. The second-order valence-electron chi connectivity index (χ2n) is 6.47. The van der Waals surface area contributed by atoms with Gasteiger partial charge in [0.25, 0.3) is 0 Å². The number of carbonyl (C=O) groups is 3. The van der Waals surface area contributed by atoms with Crippen molar-refractivity contribution in [2.45, 2.75) is 77.0 Å². The van der Waals surface area contributed by atoms with Crippen LogP contribution in [-0.2, 0) is 19.1 Å². The van der Waals surface area contributed by atoms with Crippen LogP contribution in [0, 0.1) is 0 Å². The fourth-order valence-corrected chi connectivity index (χ4v) is 2.22. The Labute approximate surface area is 130 Å². The second-order valence-corrected chi connectivity index (χ2v) is 6.47. The number of amides is 1. The average molecular weight is 315 g/mol. The Morgan fingerprint density at radius 2 is 1.82 bits per heavy atom. The first-order valence-corrected chi connectivity index (χ1v) is 7.59. The normalized spacial score (nSPS) is 16.9. The van der Waals surface area contributed by atoms with Gasteiger partial charge in [-0.25, -0.2) is 9.59 Å². The minimum absolute atomic E-state index is 0.0276. The zero-order valence-electron chi connectivity index (χ0n) is 13.4. The first kappa shape index (κ1) is 18.3. The summed E-state index contributed by atoms with van der Waals surface area (Å²) >= 11 is 0. The molecule has 0 aromatic carbocycles. The molecule has 0 heterocycles. The molecular formula is C15H25NO6. The summed E-state index contributed by atoms with van der Waals surface area (Å²) in [5, 5.41) is 11.3. The molecular weight excluding hydrogens is 290 g/mol. The summed E-state index contributed by atoms with van der Waals surface area (Å²) in [6, 6.07) is -1.18. The third-order valence-electron chi connectivity index (χ3n) is 3.23. The minimum Gasteiger partial charge on any atom is -0.480 e. The maximum absolute atomic E-state index is 11.7. The lowest BCUT2D eigenvalue weighted by Crippen LogP contribution is -2.43. The van der Waals surface area contributed by atoms with Crippen molar-refractivity contribution >= 4 is 18.0 Å². The Kier molecular flexibility index (Phi) is 6.64. The summed E-state index contributed by atoms with van der Waals surface area (Å²) in [7, 11) is 0. The molecule has 0 aromatic heterocycles. The van der Waals surface area contributed by atoms with E-state index in [0.29, 0.717) is 0 Å². The monoisotopic (exact) mass is 315 g/mol. The van der Waals surface area contributed by atoms with E-state index in [0.717, 1.165) is 25.7 Å². The summed E-state index contributed by atoms with van der Waals surface area (Å²) in [5.74, 6) is -1.64. The number of nitrogens with one attached hydrogen (secondary N) is 1. The van der Waals surface area contributed by atoms with Crippen molar-refractivity contribution < 1.29 is 29.0 Å². The number of carboxylic acids is 1. The molecule has 7 nitrogen and oxygen atoms in total. The molecule has 0 aliphatic heterocycles. The van der Waals surface area contributed by atoms with E-state index in [1.54, 1.807) is 20.8 Å². The van der Waals surface area contributed by atoms with Gasteiger partial charge in [-0.05, 0) is 52.9 Å². The maximum atomic E-state index is 11.7. The van der Waals surface area contributed by atoms with Crippen LogP contribution in [0.5, 0.6) is 0 Å². The van der Waals surface area contributed by atoms with Crippen molar-refractivity contribution in [3.8, 4) is 0 Å². The van der Waals surface area contributed by atoms with Gasteiger partial charge in [0.2, 0.25) is 0 Å². The predicted molar refractivity (Wildman–Crippen MR) is 78.4 cm³/mol. The molecule has 1 rings (SSSR count). The summed E-state index contributed by atoms with van der Waals surface area (Å²) < 4.78 is 10.3. The van der Waals surface area contributed by atoms with Gasteiger partial charge in [-0.15, -0.1) is 0 Å². The molecule has 22 heavy (non-hydrogen) atoms. The largest absolute Gasteiger partial charge is 0.480 e. The maximum Gasteiger partial charge on any atom is 0.408 e. The van der Waals surface area contributed by atoms with Crippen LogP contribution in [0.1, 0.15) is 59.3 Å². The van der Waals surface area contributed by atoms with E-state index in [1.165, 1.54) is 0 Å². The third-order valence-corrected chi connectivity index (χ3v) is 3.23. The zero-order valence-corrected chi connectivity index (χ0v) is 13.4. The quantitative estimate of drug-likeness (QED) is 0.729. The molecule has 1 fully saturated rings. The smallest absolute Gasteiger partial charge is 0.408 e. The molecule has 1 saturated carbocycles. The van der Waals surface area contributed by atoms with Gasteiger partial charge >= 0.3 is 18.0 Å². The van der Waals surface area contributed by atoms with Gasteiger partial charge in [0, 0.05) is 6.42 Å². The number of ether oxygens (including phenoxy) is 2. The van der Waals surface area contributed by atoms with Crippen LogP contribution >= 0.6 is 0 Å². The lowest BCUT2D eigenvalue weighted by Gasteiger charge is -2.22. The van der Waals surface area contributed by atoms with Gasteiger partial charge in [0.15, 0.2) is 0 Å². The molecule has 2 N–H and O–H groups in total. The van der Waals surface area contributed by atoms with E-state index in [1.807, 2.05) is 0 Å². The van der Waals surface area contributed by atoms with Gasteiger partial charge in [-0.1, -0.05) is 0 Å². The highest BCUT2D eigenvalue weighted by atomic mass is 16.6. The molecule has 0 bridgehead atoms. The Morgan fingerprint density at radius 1 is 1.23 bits per heavy atom. The highest BCUT2D eigenvalue weighted by Crippen LogP contribution is 2.21. The van der Waals surface area contributed by atoms with Gasteiger partial charge in [-0.2, -0.15) is 0 Å². The summed E-state index contributed by atoms with van der Waals surface area (Å²) in [6.45, 7) is 5.05. The van der Waals surface area contributed by atoms with Crippen LogP contribution in [0.15, 0.2) is 0 Å². The highest BCUT2D eigenvalue weighted by molar-refractivity contribution is 5.80. The lowest BCUT2D eigenvalue weighted by molar-refractivity contribution is -0.149. The van der Waals surface area contributed by atoms with Crippen molar-refractivity contribution in [2.24, 2.45) is 0 Å². The Balaban J connectivity index is 2.38. The summed E-state index contributed by atoms with van der Waals surface area (Å²) in [6.07, 6.45) is 2.89. The molecule has 1 amide bonds. The number of hydrogen-bond acceptors (Lipinski definition) is 5. The number of esters is 1. The van der Waals surface area contributed by atoms with Crippen LogP contribution in [0.4, 0.5) is 4.79 Å². The van der Waals surface area contributed by atoms with Crippen LogP contribution in [0.2, 0.25) is 0 Å². The molecule has 0 spiro atoms. The highest BCUT2D eigenvalue weighted by Gasteiger charge is 2.26. The van der Waals surface area contributed by atoms with Gasteiger partial charge in [-0.3, -0.25) is 4.79 Å². The fraction of sp³-hybridized carbons (Fsp3) is 0.800. The standard InChI is InChI=1S/C15H25NO6/c1-15(2,3)22-14(20)16-11(13(18)19)8-9-12(17)21-10-6-4-5-7-10/h10-11H,4-9H2,1-3H3,(H,16,20)(H,18,19)/t11-/m0/s1. The third kappa shape index (κ3) is 7.28. The number of alkyl carbamates (subject to hydrolysis) is 1. The number of rotatable bonds is 6. The van der Waals surface area contributed by atoms with Gasteiger partial charge < -0.3 is 19.9 Å². The van der Waals surface area contributed by atoms with Gasteiger partial charge in [0.1, 0.15) is 17.7 Å². The van der Waals surface area contributed by atoms with Crippen LogP contribution in [0.25, 0.3) is 0 Å². The molecule has 126 valence electrons. The summed E-state index contributed by atoms with van der Waals surface area (Å²) in [4.78, 5) is 34.4. The molecule has 0 aromatic rings. The lowest BCUT2D eigenvalue weighted by atomic mass is 10.1. The summed E-state index contributed by atoms with van der Waals surface area (Å²) in [5.41, 5.74) is -0.714. The van der Waals surface area contributed by atoms with E-state index in [2.05, 4.69) is 5.32 Å². The molecule has 0 radical (unpaired) electrons. The molecule has 7 heteroatoms. The van der Waals surface area contributed by atoms with Crippen molar-refractivity contribution in [1.82, 2.24) is 5.32 Å². The first-order valence-electron chi connectivity index (χ1n) is 7.59. The second kappa shape index (κ2) is 8.00.